The first-order chi connectivity index (χ1) is 18.7. The molecule has 1 heterocycles. The Balaban J connectivity index is 1.46. The van der Waals surface area contributed by atoms with Crippen molar-refractivity contribution >= 4 is 21.4 Å². The molecule has 2 atom stereocenters. The van der Waals surface area contributed by atoms with Gasteiger partial charge in [-0.15, -0.1) is 0 Å². The highest BCUT2D eigenvalue weighted by atomic mass is 32.2. The van der Waals surface area contributed by atoms with Crippen molar-refractivity contribution in [2.45, 2.75) is 49.3 Å². The Bertz CT molecular complexity index is 1630. The number of nitrogens with two attached hydrogens (primary N) is 1. The zero-order valence-corrected chi connectivity index (χ0v) is 22.5. The lowest BCUT2D eigenvalue weighted by molar-refractivity contribution is 0.379. The molecule has 0 saturated heterocycles. The van der Waals surface area contributed by atoms with E-state index in [1.54, 1.807) is 36.4 Å². The SMILES string of the molecule is CCC(Cc1ccccc1)c1cc(O)c(C(c2cccc(NS(=O)(=O)c3cccc(N)c3)c2)C2CC2)c(=O)o1. The van der Waals surface area contributed by atoms with Crippen molar-refractivity contribution in [3.8, 4) is 5.75 Å². The third-order valence-electron chi connectivity index (χ3n) is 7.28. The summed E-state index contributed by atoms with van der Waals surface area (Å²) in [5, 5.41) is 11.1. The fourth-order valence-electron chi connectivity index (χ4n) is 5.14. The summed E-state index contributed by atoms with van der Waals surface area (Å²) in [5.41, 5.74) is 7.99. The first kappa shape index (κ1) is 26.6. The van der Waals surface area contributed by atoms with Crippen molar-refractivity contribution in [1.82, 2.24) is 0 Å². The van der Waals surface area contributed by atoms with E-state index in [0.717, 1.165) is 30.4 Å². The predicted octanol–water partition coefficient (Wildman–Crippen LogP) is 6.01. The molecule has 1 aliphatic carbocycles. The van der Waals surface area contributed by atoms with Crippen molar-refractivity contribution < 1.29 is 17.9 Å². The summed E-state index contributed by atoms with van der Waals surface area (Å²) in [6, 6.07) is 24.6. The van der Waals surface area contributed by atoms with Crippen LogP contribution in [0.3, 0.4) is 0 Å². The van der Waals surface area contributed by atoms with Gasteiger partial charge in [-0.2, -0.15) is 0 Å². The average molecular weight is 545 g/mol. The summed E-state index contributed by atoms with van der Waals surface area (Å²) < 4.78 is 34.3. The standard InChI is InChI=1S/C31H32N2O5S/c1-2-21(16-20-8-4-3-5-9-20)28-19-27(34)30(31(35)38-28)29(22-14-15-22)23-10-6-12-25(17-23)33-39(36,37)26-13-7-11-24(32)18-26/h3-13,17-19,21-22,29,33-34H,2,14-16,32H2,1H3. The number of sulfonamides is 1. The van der Waals surface area contributed by atoms with Crippen LogP contribution in [0.5, 0.6) is 5.75 Å². The lowest BCUT2D eigenvalue weighted by Crippen LogP contribution is -2.18. The van der Waals surface area contributed by atoms with Gasteiger partial charge in [-0.05, 0) is 73.1 Å². The number of aromatic hydroxyl groups is 1. The Hall–Kier alpha value is -4.04. The molecule has 0 amide bonds. The predicted molar refractivity (Wildman–Crippen MR) is 152 cm³/mol. The molecule has 0 aliphatic heterocycles. The van der Waals surface area contributed by atoms with Crippen molar-refractivity contribution in [3.63, 3.8) is 0 Å². The van der Waals surface area contributed by atoms with Gasteiger partial charge in [0.25, 0.3) is 10.0 Å². The van der Waals surface area contributed by atoms with Crippen LogP contribution in [0.2, 0.25) is 0 Å². The molecule has 1 aromatic heterocycles. The second-order valence-corrected chi connectivity index (χ2v) is 11.8. The monoisotopic (exact) mass is 544 g/mol. The third-order valence-corrected chi connectivity index (χ3v) is 8.66. The molecule has 4 N–H and O–H groups in total. The van der Waals surface area contributed by atoms with Crippen LogP contribution in [-0.4, -0.2) is 13.5 Å². The van der Waals surface area contributed by atoms with E-state index in [1.165, 1.54) is 12.1 Å². The Morgan fingerprint density at radius 2 is 1.74 bits per heavy atom. The maximum atomic E-state index is 13.4. The minimum Gasteiger partial charge on any atom is -0.507 e. The normalized spacial score (nSPS) is 15.0. The van der Waals surface area contributed by atoms with Crippen LogP contribution in [0.25, 0.3) is 0 Å². The largest absolute Gasteiger partial charge is 0.507 e. The summed E-state index contributed by atoms with van der Waals surface area (Å²) in [6.07, 6.45) is 3.24. The summed E-state index contributed by atoms with van der Waals surface area (Å²) in [6.45, 7) is 2.03. The zero-order valence-electron chi connectivity index (χ0n) is 21.7. The number of hydrogen-bond donors (Lipinski definition) is 3. The number of nitrogen functional groups attached to an aromatic ring is 1. The van der Waals surface area contributed by atoms with Gasteiger partial charge >= 0.3 is 5.63 Å². The first-order valence-electron chi connectivity index (χ1n) is 13.1. The first-order valence-corrected chi connectivity index (χ1v) is 14.6. The average Bonchev–Trinajstić information content (AvgIpc) is 3.75. The molecule has 0 bridgehead atoms. The number of hydrogen-bond acceptors (Lipinski definition) is 6. The highest BCUT2D eigenvalue weighted by Crippen LogP contribution is 2.48. The second kappa shape index (κ2) is 11.0. The highest BCUT2D eigenvalue weighted by molar-refractivity contribution is 7.92. The van der Waals surface area contributed by atoms with E-state index in [4.69, 9.17) is 10.2 Å². The lowest BCUT2D eigenvalue weighted by atomic mass is 9.86. The number of anilines is 2. The molecule has 2 unspecified atom stereocenters. The smallest absolute Gasteiger partial charge is 0.343 e. The van der Waals surface area contributed by atoms with Gasteiger partial charge in [0.15, 0.2) is 0 Å². The van der Waals surface area contributed by atoms with Crippen LogP contribution in [0.1, 0.15) is 60.5 Å². The van der Waals surface area contributed by atoms with Gasteiger partial charge in [-0.25, -0.2) is 13.2 Å². The van der Waals surface area contributed by atoms with Gasteiger partial charge in [0, 0.05) is 29.3 Å². The Kier molecular flexibility index (Phi) is 7.48. The summed E-state index contributed by atoms with van der Waals surface area (Å²) >= 11 is 0. The molecule has 7 nitrogen and oxygen atoms in total. The Labute approximate surface area is 228 Å². The van der Waals surface area contributed by atoms with Crippen molar-refractivity contribution in [3.05, 3.63) is 118 Å². The second-order valence-electron chi connectivity index (χ2n) is 10.1. The van der Waals surface area contributed by atoms with Crippen molar-refractivity contribution in [2.75, 3.05) is 10.5 Å². The molecule has 3 aromatic carbocycles. The van der Waals surface area contributed by atoms with Gasteiger partial charge in [-0.3, -0.25) is 4.72 Å². The molecule has 1 saturated carbocycles. The van der Waals surface area contributed by atoms with Gasteiger partial charge in [0.2, 0.25) is 0 Å². The van der Waals surface area contributed by atoms with E-state index in [0.29, 0.717) is 23.6 Å². The molecule has 0 radical (unpaired) electrons. The van der Waals surface area contributed by atoms with Crippen molar-refractivity contribution in [2.24, 2.45) is 5.92 Å². The van der Waals surface area contributed by atoms with Crippen LogP contribution in [0, 0.1) is 5.92 Å². The molecule has 5 rings (SSSR count). The zero-order chi connectivity index (χ0) is 27.6. The van der Waals surface area contributed by atoms with E-state index in [9.17, 15) is 18.3 Å². The fourth-order valence-corrected chi connectivity index (χ4v) is 6.24. The van der Waals surface area contributed by atoms with E-state index in [2.05, 4.69) is 4.72 Å². The number of nitrogens with one attached hydrogen (secondary N) is 1. The molecule has 8 heteroatoms. The van der Waals surface area contributed by atoms with E-state index in [1.807, 2.05) is 43.3 Å². The quantitative estimate of drug-likeness (QED) is 0.210. The summed E-state index contributed by atoms with van der Waals surface area (Å²) in [4.78, 5) is 13.4. The number of benzene rings is 3. The number of rotatable bonds is 10. The molecule has 4 aromatic rings. The van der Waals surface area contributed by atoms with E-state index in [-0.39, 0.29) is 28.0 Å². The highest BCUT2D eigenvalue weighted by Gasteiger charge is 2.38. The van der Waals surface area contributed by atoms with Crippen molar-refractivity contribution in [1.29, 1.82) is 0 Å². The van der Waals surface area contributed by atoms with E-state index >= 15 is 0 Å². The molecule has 0 spiro atoms. The minimum absolute atomic E-state index is 0.0517. The summed E-state index contributed by atoms with van der Waals surface area (Å²) in [7, 11) is -3.87. The lowest BCUT2D eigenvalue weighted by Gasteiger charge is -2.20. The molecule has 39 heavy (non-hydrogen) atoms. The Morgan fingerprint density at radius 1 is 1.00 bits per heavy atom. The van der Waals surface area contributed by atoms with Gasteiger partial charge in [-0.1, -0.05) is 55.5 Å². The van der Waals surface area contributed by atoms with Gasteiger partial charge in [0.1, 0.15) is 11.5 Å². The molecular weight excluding hydrogens is 512 g/mol. The molecular formula is C31H32N2O5S. The molecule has 1 fully saturated rings. The summed E-state index contributed by atoms with van der Waals surface area (Å²) in [5.74, 6) is 0.0587. The molecule has 202 valence electrons. The maximum Gasteiger partial charge on any atom is 0.343 e. The fraction of sp³-hybridized carbons (Fsp3) is 0.258. The van der Waals surface area contributed by atoms with E-state index < -0.39 is 21.6 Å². The molecule has 1 aliphatic rings. The van der Waals surface area contributed by atoms with Crippen LogP contribution < -0.4 is 16.1 Å². The topological polar surface area (TPSA) is 123 Å². The maximum absolute atomic E-state index is 13.4. The van der Waals surface area contributed by atoms with Crippen LogP contribution in [0.15, 0.2) is 99.0 Å². The van der Waals surface area contributed by atoms with Crippen LogP contribution in [0.4, 0.5) is 11.4 Å². The van der Waals surface area contributed by atoms with Crippen LogP contribution >= 0.6 is 0 Å². The minimum atomic E-state index is -3.87. The van der Waals surface area contributed by atoms with Gasteiger partial charge in [0.05, 0.1) is 10.5 Å². The Morgan fingerprint density at radius 3 is 2.41 bits per heavy atom. The third kappa shape index (κ3) is 6.01. The van der Waals surface area contributed by atoms with Crippen LogP contribution in [-0.2, 0) is 16.4 Å². The van der Waals surface area contributed by atoms with Gasteiger partial charge < -0.3 is 15.3 Å².